The number of hydrogen-bond donors (Lipinski definition) is 2. The van der Waals surface area contributed by atoms with Crippen molar-refractivity contribution in [2.45, 2.75) is 36.6 Å². The smallest absolute Gasteiger partial charge is 0.252 e. The molecule has 0 radical (unpaired) electrons. The van der Waals surface area contributed by atoms with Crippen molar-refractivity contribution in [3.63, 3.8) is 0 Å². The number of rotatable bonds is 3. The lowest BCUT2D eigenvalue weighted by Gasteiger charge is -2.13. The summed E-state index contributed by atoms with van der Waals surface area (Å²) in [4.78, 5) is 12.1. The Labute approximate surface area is 120 Å². The Morgan fingerprint density at radius 1 is 1.32 bits per heavy atom. The van der Waals surface area contributed by atoms with Gasteiger partial charge in [-0.2, -0.15) is 0 Å². The van der Waals surface area contributed by atoms with Crippen molar-refractivity contribution in [1.82, 2.24) is 5.32 Å². The standard InChI is InChI=1S/C12H15BrN2O3S/c13-11-6-5-9(19(14,17)18)7-10(11)12(16)15-8-3-1-2-4-8/h5-8H,1-4H2,(H,15,16)(H2,14,17,18). The van der Waals surface area contributed by atoms with Gasteiger partial charge >= 0.3 is 0 Å². The zero-order valence-corrected chi connectivity index (χ0v) is 12.6. The predicted molar refractivity (Wildman–Crippen MR) is 75.2 cm³/mol. The van der Waals surface area contributed by atoms with Crippen LogP contribution in [0.1, 0.15) is 36.0 Å². The summed E-state index contributed by atoms with van der Waals surface area (Å²) in [6.45, 7) is 0. The Balaban J connectivity index is 2.25. The number of carbonyl (C=O) groups excluding carboxylic acids is 1. The van der Waals surface area contributed by atoms with Crippen molar-refractivity contribution in [1.29, 1.82) is 0 Å². The fourth-order valence-corrected chi connectivity index (χ4v) is 3.16. The average Bonchev–Trinajstić information content (AvgIpc) is 2.80. The van der Waals surface area contributed by atoms with Crippen LogP contribution in [0.15, 0.2) is 27.6 Å². The molecule has 0 spiro atoms. The molecule has 1 aliphatic rings. The molecule has 1 aliphatic carbocycles. The van der Waals surface area contributed by atoms with E-state index in [1.807, 2.05) is 0 Å². The summed E-state index contributed by atoms with van der Waals surface area (Å²) in [5.74, 6) is -0.274. The first-order valence-corrected chi connectivity index (χ1v) is 8.35. The minimum atomic E-state index is -3.80. The molecular weight excluding hydrogens is 332 g/mol. The second-order valence-corrected chi connectivity index (χ2v) is 7.06. The summed E-state index contributed by atoms with van der Waals surface area (Å²) in [6.07, 6.45) is 4.17. The van der Waals surface area contributed by atoms with Crippen LogP contribution in [-0.4, -0.2) is 20.4 Å². The quantitative estimate of drug-likeness (QED) is 0.873. The lowest BCUT2D eigenvalue weighted by molar-refractivity contribution is 0.0937. The third kappa shape index (κ3) is 3.55. The third-order valence-corrected chi connectivity index (χ3v) is 4.80. The normalized spacial score (nSPS) is 16.5. The molecule has 0 heterocycles. The fraction of sp³-hybridized carbons (Fsp3) is 0.417. The molecule has 2 rings (SSSR count). The maximum absolute atomic E-state index is 12.1. The van der Waals surface area contributed by atoms with Gasteiger partial charge in [-0.25, -0.2) is 13.6 Å². The molecule has 0 aromatic heterocycles. The van der Waals surface area contributed by atoms with Gasteiger partial charge in [-0.15, -0.1) is 0 Å². The number of nitrogens with two attached hydrogens (primary N) is 1. The van der Waals surface area contributed by atoms with E-state index < -0.39 is 10.0 Å². The largest absolute Gasteiger partial charge is 0.349 e. The van der Waals surface area contributed by atoms with Gasteiger partial charge in [0.05, 0.1) is 10.5 Å². The maximum atomic E-state index is 12.1. The highest BCUT2D eigenvalue weighted by atomic mass is 79.9. The zero-order chi connectivity index (χ0) is 14.0. The Morgan fingerprint density at radius 3 is 2.53 bits per heavy atom. The Morgan fingerprint density at radius 2 is 1.95 bits per heavy atom. The third-order valence-electron chi connectivity index (χ3n) is 3.20. The van der Waals surface area contributed by atoms with E-state index in [2.05, 4.69) is 21.2 Å². The van der Waals surface area contributed by atoms with Crippen LogP contribution in [-0.2, 0) is 10.0 Å². The lowest BCUT2D eigenvalue weighted by atomic mass is 10.2. The van der Waals surface area contributed by atoms with E-state index in [0.29, 0.717) is 10.0 Å². The van der Waals surface area contributed by atoms with Crippen molar-refractivity contribution in [3.8, 4) is 0 Å². The summed E-state index contributed by atoms with van der Waals surface area (Å²) in [6, 6.07) is 4.36. The summed E-state index contributed by atoms with van der Waals surface area (Å²) in [5, 5.41) is 7.97. The van der Waals surface area contributed by atoms with Gasteiger partial charge in [0, 0.05) is 10.5 Å². The number of hydrogen-bond acceptors (Lipinski definition) is 3. The zero-order valence-electron chi connectivity index (χ0n) is 10.2. The molecule has 5 nitrogen and oxygen atoms in total. The molecule has 1 aromatic carbocycles. The number of halogens is 1. The van der Waals surface area contributed by atoms with E-state index in [-0.39, 0.29) is 16.8 Å². The first kappa shape index (κ1) is 14.5. The highest BCUT2D eigenvalue weighted by Crippen LogP contribution is 2.22. The molecule has 19 heavy (non-hydrogen) atoms. The van der Waals surface area contributed by atoms with Crippen molar-refractivity contribution in [2.24, 2.45) is 5.14 Å². The molecule has 0 saturated heterocycles. The van der Waals surface area contributed by atoms with Crippen molar-refractivity contribution >= 4 is 31.9 Å². The number of benzene rings is 1. The van der Waals surface area contributed by atoms with E-state index in [4.69, 9.17) is 5.14 Å². The van der Waals surface area contributed by atoms with Gasteiger partial charge in [0.15, 0.2) is 0 Å². The Bertz CT molecular complexity index is 595. The molecule has 1 fully saturated rings. The van der Waals surface area contributed by atoms with E-state index in [9.17, 15) is 13.2 Å². The number of nitrogens with one attached hydrogen (secondary N) is 1. The number of carbonyl (C=O) groups is 1. The van der Waals surface area contributed by atoms with E-state index >= 15 is 0 Å². The molecule has 1 saturated carbocycles. The molecule has 104 valence electrons. The molecule has 0 aliphatic heterocycles. The van der Waals surface area contributed by atoms with Crippen LogP contribution in [0.2, 0.25) is 0 Å². The number of primary sulfonamides is 1. The van der Waals surface area contributed by atoms with Gasteiger partial charge in [-0.05, 0) is 47.0 Å². The summed E-state index contributed by atoms with van der Waals surface area (Å²) in [7, 11) is -3.80. The molecular formula is C12H15BrN2O3S. The van der Waals surface area contributed by atoms with Crippen molar-refractivity contribution < 1.29 is 13.2 Å². The second-order valence-electron chi connectivity index (χ2n) is 4.64. The molecule has 0 unspecified atom stereocenters. The predicted octanol–water partition coefficient (Wildman–Crippen LogP) is 1.77. The molecule has 0 bridgehead atoms. The lowest BCUT2D eigenvalue weighted by Crippen LogP contribution is -2.33. The van der Waals surface area contributed by atoms with Gasteiger partial charge in [-0.3, -0.25) is 4.79 Å². The van der Waals surface area contributed by atoms with E-state index in [1.54, 1.807) is 0 Å². The van der Waals surface area contributed by atoms with Gasteiger partial charge in [-0.1, -0.05) is 12.8 Å². The number of sulfonamides is 1. The van der Waals surface area contributed by atoms with Gasteiger partial charge in [0.25, 0.3) is 5.91 Å². The first-order valence-electron chi connectivity index (χ1n) is 6.01. The average molecular weight is 347 g/mol. The van der Waals surface area contributed by atoms with Crippen LogP contribution in [0.25, 0.3) is 0 Å². The van der Waals surface area contributed by atoms with Crippen molar-refractivity contribution in [2.75, 3.05) is 0 Å². The second kappa shape index (κ2) is 5.60. The summed E-state index contributed by atoms with van der Waals surface area (Å²) >= 11 is 3.25. The SMILES string of the molecule is NS(=O)(=O)c1ccc(Br)c(C(=O)NC2CCCC2)c1. The van der Waals surface area contributed by atoms with Crippen LogP contribution < -0.4 is 10.5 Å². The van der Waals surface area contributed by atoms with Crippen LogP contribution in [0.5, 0.6) is 0 Å². The van der Waals surface area contributed by atoms with Gasteiger partial charge < -0.3 is 5.32 Å². The van der Waals surface area contributed by atoms with Gasteiger partial charge in [0.2, 0.25) is 10.0 Å². The maximum Gasteiger partial charge on any atom is 0.252 e. The minimum Gasteiger partial charge on any atom is -0.349 e. The van der Waals surface area contributed by atoms with E-state index in [0.717, 1.165) is 25.7 Å². The molecule has 7 heteroatoms. The monoisotopic (exact) mass is 346 g/mol. The van der Waals surface area contributed by atoms with Crippen LogP contribution in [0.3, 0.4) is 0 Å². The molecule has 1 amide bonds. The minimum absolute atomic E-state index is 0.0627. The van der Waals surface area contributed by atoms with Crippen molar-refractivity contribution in [3.05, 3.63) is 28.2 Å². The molecule has 0 atom stereocenters. The van der Waals surface area contributed by atoms with Crippen LogP contribution >= 0.6 is 15.9 Å². The van der Waals surface area contributed by atoms with Gasteiger partial charge in [0.1, 0.15) is 0 Å². The first-order chi connectivity index (χ1) is 8.88. The fourth-order valence-electron chi connectivity index (χ4n) is 2.19. The topological polar surface area (TPSA) is 89.3 Å². The summed E-state index contributed by atoms with van der Waals surface area (Å²) in [5.41, 5.74) is 0.290. The van der Waals surface area contributed by atoms with Crippen LogP contribution in [0, 0.1) is 0 Å². The molecule has 3 N–H and O–H groups in total. The molecule has 1 aromatic rings. The Hall–Kier alpha value is -0.920. The highest BCUT2D eigenvalue weighted by molar-refractivity contribution is 9.10. The summed E-state index contributed by atoms with van der Waals surface area (Å²) < 4.78 is 23.1. The van der Waals surface area contributed by atoms with Crippen LogP contribution in [0.4, 0.5) is 0 Å². The van der Waals surface area contributed by atoms with E-state index in [1.165, 1.54) is 18.2 Å². The Kier molecular flexibility index (Phi) is 4.27. The number of amides is 1. The highest BCUT2D eigenvalue weighted by Gasteiger charge is 2.20.